The molecule has 1 aromatic rings. The van der Waals surface area contributed by atoms with Crippen molar-refractivity contribution in [3.05, 3.63) is 35.6 Å². The standard InChI is InChI=1S/C15H24FN3/c1-4-12(5-2)10-18-15(17-3)19-11-13-8-6-7-9-14(13)16/h6-9,12H,4-5,10-11H2,1-3H3,(H2,17,18,19). The van der Waals surface area contributed by atoms with Crippen LogP contribution in [0.25, 0.3) is 0 Å². The molecule has 0 fully saturated rings. The van der Waals surface area contributed by atoms with Crippen LogP contribution in [-0.2, 0) is 6.54 Å². The first kappa shape index (κ1) is 15.5. The maximum atomic E-state index is 13.5. The molecule has 1 rings (SSSR count). The van der Waals surface area contributed by atoms with Crippen molar-refractivity contribution in [1.29, 1.82) is 0 Å². The molecule has 0 bridgehead atoms. The minimum absolute atomic E-state index is 0.189. The lowest BCUT2D eigenvalue weighted by molar-refractivity contribution is 0.481. The topological polar surface area (TPSA) is 36.4 Å². The van der Waals surface area contributed by atoms with E-state index in [1.165, 1.54) is 6.07 Å². The molecule has 0 aliphatic carbocycles. The van der Waals surface area contributed by atoms with Crippen LogP contribution in [0.2, 0.25) is 0 Å². The van der Waals surface area contributed by atoms with E-state index in [0.717, 1.165) is 25.3 Å². The smallest absolute Gasteiger partial charge is 0.191 e. The monoisotopic (exact) mass is 265 g/mol. The lowest BCUT2D eigenvalue weighted by atomic mass is 10.0. The van der Waals surface area contributed by atoms with E-state index in [9.17, 15) is 4.39 Å². The van der Waals surface area contributed by atoms with Crippen LogP contribution in [0.5, 0.6) is 0 Å². The maximum Gasteiger partial charge on any atom is 0.191 e. The number of halogens is 1. The van der Waals surface area contributed by atoms with Gasteiger partial charge in [0.05, 0.1) is 0 Å². The van der Waals surface area contributed by atoms with Gasteiger partial charge in [-0.3, -0.25) is 4.99 Å². The van der Waals surface area contributed by atoms with E-state index in [1.807, 2.05) is 6.07 Å². The molecular weight excluding hydrogens is 241 g/mol. The van der Waals surface area contributed by atoms with Gasteiger partial charge < -0.3 is 10.6 Å². The van der Waals surface area contributed by atoms with E-state index in [1.54, 1.807) is 19.2 Å². The number of rotatable bonds is 6. The summed E-state index contributed by atoms with van der Waals surface area (Å²) < 4.78 is 13.5. The van der Waals surface area contributed by atoms with Gasteiger partial charge >= 0.3 is 0 Å². The molecule has 0 amide bonds. The Bertz CT molecular complexity index is 400. The zero-order valence-corrected chi connectivity index (χ0v) is 12.0. The molecule has 0 aliphatic heterocycles. The molecule has 0 radical (unpaired) electrons. The van der Waals surface area contributed by atoms with Gasteiger partial charge in [-0.15, -0.1) is 0 Å². The molecular formula is C15H24FN3. The molecule has 3 nitrogen and oxygen atoms in total. The highest BCUT2D eigenvalue weighted by Crippen LogP contribution is 2.06. The van der Waals surface area contributed by atoms with E-state index < -0.39 is 0 Å². The van der Waals surface area contributed by atoms with Crippen molar-refractivity contribution in [3.8, 4) is 0 Å². The molecule has 1 aromatic carbocycles. The highest BCUT2D eigenvalue weighted by atomic mass is 19.1. The second-order valence-electron chi connectivity index (χ2n) is 4.58. The molecule has 0 saturated heterocycles. The van der Waals surface area contributed by atoms with Crippen molar-refractivity contribution in [1.82, 2.24) is 10.6 Å². The second kappa shape index (κ2) is 8.51. The van der Waals surface area contributed by atoms with Gasteiger partial charge in [-0.2, -0.15) is 0 Å². The van der Waals surface area contributed by atoms with Crippen LogP contribution >= 0.6 is 0 Å². The Balaban J connectivity index is 2.44. The fourth-order valence-electron chi connectivity index (χ4n) is 1.86. The van der Waals surface area contributed by atoms with Gasteiger partial charge in [0.2, 0.25) is 0 Å². The molecule has 0 saturated carbocycles. The number of benzene rings is 1. The molecule has 106 valence electrons. The van der Waals surface area contributed by atoms with Gasteiger partial charge in [-0.1, -0.05) is 44.9 Å². The first-order valence-corrected chi connectivity index (χ1v) is 6.89. The minimum atomic E-state index is -0.189. The van der Waals surface area contributed by atoms with Crippen LogP contribution < -0.4 is 10.6 Å². The van der Waals surface area contributed by atoms with E-state index in [-0.39, 0.29) is 5.82 Å². The lowest BCUT2D eigenvalue weighted by Crippen LogP contribution is -2.39. The predicted molar refractivity (Wildman–Crippen MR) is 78.7 cm³/mol. The number of hydrogen-bond donors (Lipinski definition) is 2. The first-order valence-electron chi connectivity index (χ1n) is 6.89. The van der Waals surface area contributed by atoms with Gasteiger partial charge in [0.25, 0.3) is 0 Å². The summed E-state index contributed by atoms with van der Waals surface area (Å²) in [4.78, 5) is 4.15. The van der Waals surface area contributed by atoms with E-state index in [2.05, 4.69) is 29.5 Å². The number of nitrogens with zero attached hydrogens (tertiary/aromatic N) is 1. The number of guanidine groups is 1. The van der Waals surface area contributed by atoms with Crippen molar-refractivity contribution >= 4 is 5.96 Å². The van der Waals surface area contributed by atoms with Crippen LogP contribution in [0.4, 0.5) is 4.39 Å². The summed E-state index contributed by atoms with van der Waals surface area (Å²) >= 11 is 0. The highest BCUT2D eigenvalue weighted by Gasteiger charge is 2.06. The summed E-state index contributed by atoms with van der Waals surface area (Å²) in [6.45, 7) is 5.70. The molecule has 0 spiro atoms. The Morgan fingerprint density at radius 3 is 2.47 bits per heavy atom. The highest BCUT2D eigenvalue weighted by molar-refractivity contribution is 5.79. The van der Waals surface area contributed by atoms with Crippen molar-refractivity contribution in [3.63, 3.8) is 0 Å². The average Bonchev–Trinajstić information content (AvgIpc) is 2.44. The maximum absolute atomic E-state index is 13.5. The second-order valence-corrected chi connectivity index (χ2v) is 4.58. The largest absolute Gasteiger partial charge is 0.356 e. The number of nitrogens with one attached hydrogen (secondary N) is 2. The van der Waals surface area contributed by atoms with Crippen molar-refractivity contribution in [2.45, 2.75) is 33.2 Å². The minimum Gasteiger partial charge on any atom is -0.356 e. The number of hydrogen-bond acceptors (Lipinski definition) is 1. The molecule has 19 heavy (non-hydrogen) atoms. The molecule has 0 aliphatic rings. The first-order chi connectivity index (χ1) is 9.21. The van der Waals surface area contributed by atoms with Crippen LogP contribution in [0.1, 0.15) is 32.3 Å². The zero-order valence-electron chi connectivity index (χ0n) is 12.0. The van der Waals surface area contributed by atoms with Gasteiger partial charge in [0.15, 0.2) is 5.96 Å². The Hall–Kier alpha value is -1.58. The average molecular weight is 265 g/mol. The quantitative estimate of drug-likeness (QED) is 0.613. The van der Waals surface area contributed by atoms with E-state index >= 15 is 0 Å². The van der Waals surface area contributed by atoms with Crippen molar-refractivity contribution < 1.29 is 4.39 Å². The molecule has 0 aromatic heterocycles. The summed E-state index contributed by atoms with van der Waals surface area (Å²) in [7, 11) is 1.73. The lowest BCUT2D eigenvalue weighted by Gasteiger charge is -2.16. The van der Waals surface area contributed by atoms with Crippen LogP contribution in [-0.4, -0.2) is 19.6 Å². The summed E-state index contributed by atoms with van der Waals surface area (Å²) in [5, 5.41) is 6.41. The van der Waals surface area contributed by atoms with E-state index in [4.69, 9.17) is 0 Å². The predicted octanol–water partition coefficient (Wildman–Crippen LogP) is 2.93. The van der Waals surface area contributed by atoms with Gasteiger partial charge in [-0.25, -0.2) is 4.39 Å². The SMILES string of the molecule is CCC(CC)CNC(=NC)NCc1ccccc1F. The van der Waals surface area contributed by atoms with E-state index in [0.29, 0.717) is 18.0 Å². The summed E-state index contributed by atoms with van der Waals surface area (Å²) in [6, 6.07) is 6.77. The Kier molecular flexibility index (Phi) is 6.93. The Labute approximate surface area is 115 Å². The Morgan fingerprint density at radius 2 is 1.89 bits per heavy atom. The number of aliphatic imine (C=N–C) groups is 1. The van der Waals surface area contributed by atoms with Crippen molar-refractivity contribution in [2.24, 2.45) is 10.9 Å². The van der Waals surface area contributed by atoms with Crippen LogP contribution in [0.3, 0.4) is 0 Å². The summed E-state index contributed by atoms with van der Waals surface area (Å²) in [5.41, 5.74) is 0.646. The Morgan fingerprint density at radius 1 is 1.21 bits per heavy atom. The summed E-state index contributed by atoms with van der Waals surface area (Å²) in [5.74, 6) is 1.17. The van der Waals surface area contributed by atoms with Gasteiger partial charge in [0, 0.05) is 25.7 Å². The zero-order chi connectivity index (χ0) is 14.1. The normalized spacial score (nSPS) is 11.7. The third-order valence-electron chi connectivity index (χ3n) is 3.34. The third-order valence-corrected chi connectivity index (χ3v) is 3.34. The fourth-order valence-corrected chi connectivity index (χ4v) is 1.86. The summed E-state index contributed by atoms with van der Waals surface area (Å²) in [6.07, 6.45) is 2.29. The fraction of sp³-hybridized carbons (Fsp3) is 0.533. The molecule has 0 heterocycles. The molecule has 0 unspecified atom stereocenters. The molecule has 2 N–H and O–H groups in total. The molecule has 4 heteroatoms. The van der Waals surface area contributed by atoms with Crippen LogP contribution in [0, 0.1) is 11.7 Å². The van der Waals surface area contributed by atoms with Gasteiger partial charge in [0.1, 0.15) is 5.82 Å². The third kappa shape index (κ3) is 5.28. The molecule has 0 atom stereocenters. The van der Waals surface area contributed by atoms with Crippen LogP contribution in [0.15, 0.2) is 29.3 Å². The van der Waals surface area contributed by atoms with Gasteiger partial charge in [-0.05, 0) is 12.0 Å². The van der Waals surface area contributed by atoms with Crippen molar-refractivity contribution in [2.75, 3.05) is 13.6 Å².